The minimum Gasteiger partial charge on any atom is -0.374 e. The lowest BCUT2D eigenvalue weighted by Gasteiger charge is -2.18. The molecule has 1 atom stereocenters. The Morgan fingerprint density at radius 2 is 2.05 bits per heavy atom. The van der Waals surface area contributed by atoms with Crippen molar-refractivity contribution in [2.75, 3.05) is 11.9 Å². The monoisotopic (exact) mass is 308 g/mol. The molecule has 1 aromatic heterocycles. The first kappa shape index (κ1) is 15.5. The van der Waals surface area contributed by atoms with Crippen LogP contribution in [-0.4, -0.2) is 24.5 Å². The highest BCUT2D eigenvalue weighted by Gasteiger charge is 2.19. The molecule has 0 aliphatic heterocycles. The van der Waals surface area contributed by atoms with E-state index < -0.39 is 10.0 Å². The van der Waals surface area contributed by atoms with Gasteiger partial charge in [0.15, 0.2) is 0 Å². The quantitative estimate of drug-likeness (QED) is 0.854. The Kier molecular flexibility index (Phi) is 4.64. The number of nitrogens with one attached hydrogen (secondary N) is 2. The van der Waals surface area contributed by atoms with Gasteiger partial charge in [0, 0.05) is 26.0 Å². The zero-order chi connectivity index (χ0) is 15.5. The summed E-state index contributed by atoms with van der Waals surface area (Å²) in [6, 6.07) is 6.75. The lowest BCUT2D eigenvalue weighted by atomic mass is 10.2. The first-order valence-corrected chi connectivity index (χ1v) is 8.26. The molecule has 6 nitrogen and oxygen atoms in total. The van der Waals surface area contributed by atoms with Crippen molar-refractivity contribution in [3.63, 3.8) is 0 Å². The Labute approximate surface area is 125 Å². The number of hydrogen-bond donors (Lipinski definition) is 2. The summed E-state index contributed by atoms with van der Waals surface area (Å²) in [5.41, 5.74) is 0.564. The Hall–Kier alpha value is -1.86. The molecule has 2 aromatic rings. The van der Waals surface area contributed by atoms with Gasteiger partial charge in [0.05, 0.1) is 11.7 Å². The number of para-hydroxylation sites is 1. The van der Waals surface area contributed by atoms with Gasteiger partial charge < -0.3 is 9.88 Å². The van der Waals surface area contributed by atoms with Crippen molar-refractivity contribution in [2.45, 2.75) is 24.8 Å². The van der Waals surface area contributed by atoms with Crippen LogP contribution in [0.2, 0.25) is 0 Å². The molecule has 21 heavy (non-hydrogen) atoms. The lowest BCUT2D eigenvalue weighted by Crippen LogP contribution is -2.24. The van der Waals surface area contributed by atoms with E-state index >= 15 is 0 Å². The SMILES string of the molecule is CCNS(=O)(=O)c1ccccc1NC(C)c1nccn1C. The normalized spacial score (nSPS) is 13.1. The molecule has 0 spiro atoms. The van der Waals surface area contributed by atoms with Crippen molar-refractivity contribution in [3.8, 4) is 0 Å². The van der Waals surface area contributed by atoms with Crippen LogP contribution in [0.25, 0.3) is 0 Å². The van der Waals surface area contributed by atoms with Crippen molar-refractivity contribution in [1.29, 1.82) is 0 Å². The Morgan fingerprint density at radius 1 is 1.33 bits per heavy atom. The van der Waals surface area contributed by atoms with Crippen LogP contribution in [0.5, 0.6) is 0 Å². The maximum Gasteiger partial charge on any atom is 0.242 e. The summed E-state index contributed by atoms with van der Waals surface area (Å²) in [4.78, 5) is 4.52. The van der Waals surface area contributed by atoms with Crippen molar-refractivity contribution >= 4 is 15.7 Å². The number of rotatable bonds is 6. The van der Waals surface area contributed by atoms with Crippen molar-refractivity contribution in [1.82, 2.24) is 14.3 Å². The first-order valence-electron chi connectivity index (χ1n) is 6.78. The van der Waals surface area contributed by atoms with Gasteiger partial charge in [0.2, 0.25) is 10.0 Å². The first-order chi connectivity index (χ1) is 9.95. The van der Waals surface area contributed by atoms with E-state index in [1.165, 1.54) is 0 Å². The number of anilines is 1. The third kappa shape index (κ3) is 3.43. The summed E-state index contributed by atoms with van der Waals surface area (Å²) in [5.74, 6) is 0.839. The molecule has 0 saturated heterocycles. The van der Waals surface area contributed by atoms with Crippen LogP contribution in [-0.2, 0) is 17.1 Å². The number of sulfonamides is 1. The Balaban J connectivity index is 2.31. The molecule has 0 saturated carbocycles. The molecule has 0 aliphatic carbocycles. The zero-order valence-corrected chi connectivity index (χ0v) is 13.2. The van der Waals surface area contributed by atoms with Crippen molar-refractivity contribution < 1.29 is 8.42 Å². The molecule has 0 bridgehead atoms. The zero-order valence-electron chi connectivity index (χ0n) is 12.4. The second-order valence-corrected chi connectivity index (χ2v) is 6.50. The van der Waals surface area contributed by atoms with E-state index in [2.05, 4.69) is 15.0 Å². The molecule has 2 N–H and O–H groups in total. The fourth-order valence-electron chi connectivity index (χ4n) is 2.18. The van der Waals surface area contributed by atoms with Gasteiger partial charge >= 0.3 is 0 Å². The predicted octanol–water partition coefficient (Wildman–Crippen LogP) is 1.89. The maximum absolute atomic E-state index is 12.2. The summed E-state index contributed by atoms with van der Waals surface area (Å²) >= 11 is 0. The van der Waals surface area contributed by atoms with Gasteiger partial charge in [-0.05, 0) is 19.1 Å². The standard InChI is InChI=1S/C14H20N4O2S/c1-4-16-21(19,20)13-8-6-5-7-12(13)17-11(2)14-15-9-10-18(14)3/h5-11,16-17H,4H2,1-3H3. The number of nitrogens with zero attached hydrogens (tertiary/aromatic N) is 2. The van der Waals surface area contributed by atoms with Gasteiger partial charge in [0.1, 0.15) is 10.7 Å². The minimum atomic E-state index is -3.51. The van der Waals surface area contributed by atoms with E-state index in [-0.39, 0.29) is 10.9 Å². The molecular formula is C14H20N4O2S. The number of hydrogen-bond acceptors (Lipinski definition) is 4. The van der Waals surface area contributed by atoms with Gasteiger partial charge in [-0.2, -0.15) is 0 Å². The second-order valence-electron chi connectivity index (χ2n) is 4.76. The summed E-state index contributed by atoms with van der Waals surface area (Å²) in [5, 5.41) is 3.22. The van der Waals surface area contributed by atoms with Crippen LogP contribution >= 0.6 is 0 Å². The van der Waals surface area contributed by atoms with E-state index in [1.807, 2.05) is 24.7 Å². The van der Waals surface area contributed by atoms with Crippen LogP contribution < -0.4 is 10.0 Å². The summed E-state index contributed by atoms with van der Waals surface area (Å²) in [7, 11) is -1.60. The van der Waals surface area contributed by atoms with Crippen LogP contribution in [0.15, 0.2) is 41.6 Å². The van der Waals surface area contributed by atoms with E-state index in [0.717, 1.165) is 5.82 Å². The second kappa shape index (κ2) is 6.28. The molecule has 114 valence electrons. The number of imidazole rings is 1. The largest absolute Gasteiger partial charge is 0.374 e. The highest BCUT2D eigenvalue weighted by atomic mass is 32.2. The Bertz CT molecular complexity index is 709. The van der Waals surface area contributed by atoms with Crippen LogP contribution in [0.3, 0.4) is 0 Å². The highest BCUT2D eigenvalue weighted by Crippen LogP contribution is 2.24. The van der Waals surface area contributed by atoms with Gasteiger partial charge in [0.25, 0.3) is 0 Å². The molecule has 0 radical (unpaired) electrons. The molecule has 0 amide bonds. The van der Waals surface area contributed by atoms with Crippen LogP contribution in [0, 0.1) is 0 Å². The van der Waals surface area contributed by atoms with Crippen molar-refractivity contribution in [2.24, 2.45) is 7.05 Å². The topological polar surface area (TPSA) is 76.0 Å². The van der Waals surface area contributed by atoms with Gasteiger partial charge in [-0.15, -0.1) is 0 Å². The van der Waals surface area contributed by atoms with E-state index in [1.54, 1.807) is 37.4 Å². The fraction of sp³-hybridized carbons (Fsp3) is 0.357. The molecule has 0 aliphatic rings. The van der Waals surface area contributed by atoms with Crippen LogP contribution in [0.1, 0.15) is 25.7 Å². The van der Waals surface area contributed by atoms with Gasteiger partial charge in [-0.25, -0.2) is 18.1 Å². The number of aromatic nitrogens is 2. The predicted molar refractivity (Wildman–Crippen MR) is 82.6 cm³/mol. The molecule has 2 rings (SSSR count). The van der Waals surface area contributed by atoms with Crippen LogP contribution in [0.4, 0.5) is 5.69 Å². The number of benzene rings is 1. The summed E-state index contributed by atoms with van der Waals surface area (Å²) < 4.78 is 28.8. The molecule has 1 aromatic carbocycles. The molecular weight excluding hydrogens is 288 g/mol. The fourth-order valence-corrected chi connectivity index (χ4v) is 3.39. The Morgan fingerprint density at radius 3 is 2.67 bits per heavy atom. The smallest absolute Gasteiger partial charge is 0.242 e. The van der Waals surface area contributed by atoms with E-state index in [9.17, 15) is 8.42 Å². The van der Waals surface area contributed by atoms with E-state index in [0.29, 0.717) is 12.2 Å². The highest BCUT2D eigenvalue weighted by molar-refractivity contribution is 7.89. The van der Waals surface area contributed by atoms with Gasteiger partial charge in [-0.1, -0.05) is 19.1 Å². The third-order valence-corrected chi connectivity index (χ3v) is 4.73. The molecule has 1 unspecified atom stereocenters. The molecule has 7 heteroatoms. The summed E-state index contributed by atoms with van der Waals surface area (Å²) in [6.07, 6.45) is 3.57. The third-order valence-electron chi connectivity index (χ3n) is 3.13. The average Bonchev–Trinajstić information content (AvgIpc) is 2.85. The lowest BCUT2D eigenvalue weighted by molar-refractivity contribution is 0.584. The minimum absolute atomic E-state index is 0.108. The van der Waals surface area contributed by atoms with E-state index in [4.69, 9.17) is 0 Å². The molecule has 1 heterocycles. The number of aryl methyl sites for hydroxylation is 1. The summed E-state index contributed by atoms with van der Waals surface area (Å²) in [6.45, 7) is 4.05. The van der Waals surface area contributed by atoms with Gasteiger partial charge in [-0.3, -0.25) is 0 Å². The van der Waals surface area contributed by atoms with Crippen molar-refractivity contribution in [3.05, 3.63) is 42.5 Å². The maximum atomic E-state index is 12.2. The average molecular weight is 308 g/mol. The molecule has 0 fully saturated rings.